The van der Waals surface area contributed by atoms with E-state index in [2.05, 4.69) is 16.2 Å². The fraction of sp³-hybridized carbons (Fsp3) is 0.375. The summed E-state index contributed by atoms with van der Waals surface area (Å²) in [6, 6.07) is 5.61. The molecule has 190 valence electrons. The first-order valence-electron chi connectivity index (χ1n) is 11.2. The monoisotopic (exact) mass is 493 g/mol. The number of rotatable bonds is 12. The largest absolute Gasteiger partial charge is 0.490 e. The summed E-state index contributed by atoms with van der Waals surface area (Å²) in [5.41, 5.74) is 4.50. The molecule has 0 spiro atoms. The lowest BCUT2D eigenvalue weighted by atomic mass is 10.1. The average Bonchev–Trinajstić information content (AvgIpc) is 2.82. The van der Waals surface area contributed by atoms with Gasteiger partial charge in [0.25, 0.3) is 11.8 Å². The lowest BCUT2D eigenvalue weighted by Gasteiger charge is -2.17. The van der Waals surface area contributed by atoms with Crippen LogP contribution in [0.25, 0.3) is 0 Å². The summed E-state index contributed by atoms with van der Waals surface area (Å²) in [7, 11) is 0. The zero-order chi connectivity index (χ0) is 25.8. The van der Waals surface area contributed by atoms with Gasteiger partial charge in [-0.3, -0.25) is 25.2 Å². The van der Waals surface area contributed by atoms with E-state index in [9.17, 15) is 23.2 Å². The normalized spacial score (nSPS) is 10.3. The number of amides is 3. The quantitative estimate of drug-likeness (QED) is 0.309. The highest BCUT2D eigenvalue weighted by Crippen LogP contribution is 2.39. The van der Waals surface area contributed by atoms with Crippen LogP contribution in [0.2, 0.25) is 0 Å². The molecule has 3 amide bonds. The van der Waals surface area contributed by atoms with E-state index in [1.165, 1.54) is 12.1 Å². The van der Waals surface area contributed by atoms with Crippen LogP contribution < -0.4 is 30.4 Å². The third kappa shape index (κ3) is 8.13. The minimum atomic E-state index is -0.975. The lowest BCUT2D eigenvalue weighted by molar-refractivity contribution is -0.121. The molecular formula is C24H29F2N3O6. The second-order valence-electron chi connectivity index (χ2n) is 7.09. The van der Waals surface area contributed by atoms with Crippen molar-refractivity contribution in [3.8, 4) is 17.2 Å². The summed E-state index contributed by atoms with van der Waals surface area (Å²) in [5.74, 6) is -2.51. The number of ether oxygens (including phenoxy) is 3. The molecule has 0 fully saturated rings. The van der Waals surface area contributed by atoms with Gasteiger partial charge in [0.15, 0.2) is 11.5 Å². The maximum Gasteiger partial charge on any atom is 0.269 e. The van der Waals surface area contributed by atoms with E-state index in [1.807, 2.05) is 6.92 Å². The molecule has 35 heavy (non-hydrogen) atoms. The summed E-state index contributed by atoms with van der Waals surface area (Å²) in [4.78, 5) is 36.6. The number of benzene rings is 2. The van der Waals surface area contributed by atoms with Gasteiger partial charge in [-0.25, -0.2) is 8.78 Å². The van der Waals surface area contributed by atoms with Gasteiger partial charge in [-0.05, 0) is 51.5 Å². The standard InChI is InChI=1S/C24H29F2N3O6/c1-4-33-19-12-15(13-20(34-5-2)22(19)35-6-3)23(31)29-28-21(30)8-7-11-27-24(32)17-10-9-16(25)14-18(17)26/h9-10,12-14H,4-8,11H2,1-3H3,(H,27,32)(H,28,30)(H,29,31). The van der Waals surface area contributed by atoms with Crippen LogP contribution in [0.4, 0.5) is 8.78 Å². The van der Waals surface area contributed by atoms with Crippen LogP contribution >= 0.6 is 0 Å². The minimum Gasteiger partial charge on any atom is -0.490 e. The van der Waals surface area contributed by atoms with E-state index >= 15 is 0 Å². The Labute approximate surface area is 202 Å². The molecule has 9 nitrogen and oxygen atoms in total. The molecule has 0 radical (unpaired) electrons. The summed E-state index contributed by atoms with van der Waals surface area (Å²) in [6.07, 6.45) is 0.201. The van der Waals surface area contributed by atoms with Crippen LogP contribution in [0.3, 0.4) is 0 Å². The Kier molecular flexibility index (Phi) is 10.7. The Morgan fingerprint density at radius 2 is 1.46 bits per heavy atom. The van der Waals surface area contributed by atoms with Gasteiger partial charge in [0.05, 0.1) is 25.4 Å². The number of halogens is 2. The van der Waals surface area contributed by atoms with E-state index < -0.39 is 29.4 Å². The van der Waals surface area contributed by atoms with E-state index in [-0.39, 0.29) is 30.5 Å². The molecule has 0 aromatic heterocycles. The number of nitrogens with one attached hydrogen (secondary N) is 3. The van der Waals surface area contributed by atoms with E-state index in [1.54, 1.807) is 13.8 Å². The SMILES string of the molecule is CCOc1cc(C(=O)NNC(=O)CCCNC(=O)c2ccc(F)cc2F)cc(OCC)c1OCC. The molecule has 0 heterocycles. The summed E-state index contributed by atoms with van der Waals surface area (Å²) in [6.45, 7) is 6.54. The van der Waals surface area contributed by atoms with Crippen molar-refractivity contribution in [2.24, 2.45) is 0 Å². The topological polar surface area (TPSA) is 115 Å². The van der Waals surface area contributed by atoms with Gasteiger partial charge in [0.1, 0.15) is 11.6 Å². The highest BCUT2D eigenvalue weighted by molar-refractivity contribution is 5.96. The zero-order valence-electron chi connectivity index (χ0n) is 19.8. The maximum atomic E-state index is 13.6. The number of carbonyl (C=O) groups is 3. The van der Waals surface area contributed by atoms with Crippen molar-refractivity contribution < 1.29 is 37.4 Å². The summed E-state index contributed by atoms with van der Waals surface area (Å²) < 4.78 is 43.3. The van der Waals surface area contributed by atoms with Crippen molar-refractivity contribution in [3.05, 3.63) is 53.1 Å². The number of hydrogen-bond acceptors (Lipinski definition) is 6. The van der Waals surface area contributed by atoms with Crippen LogP contribution in [-0.2, 0) is 4.79 Å². The molecule has 0 unspecified atom stereocenters. The van der Waals surface area contributed by atoms with E-state index in [4.69, 9.17) is 14.2 Å². The second kappa shape index (κ2) is 13.7. The molecule has 2 aromatic carbocycles. The van der Waals surface area contributed by atoms with Crippen molar-refractivity contribution in [3.63, 3.8) is 0 Å². The molecular weight excluding hydrogens is 464 g/mol. The predicted molar refractivity (Wildman–Crippen MR) is 123 cm³/mol. The number of hydrazine groups is 1. The number of hydrogen-bond donors (Lipinski definition) is 3. The highest BCUT2D eigenvalue weighted by Gasteiger charge is 2.19. The smallest absolute Gasteiger partial charge is 0.269 e. The van der Waals surface area contributed by atoms with Crippen LogP contribution in [-0.4, -0.2) is 44.1 Å². The average molecular weight is 494 g/mol. The molecule has 11 heteroatoms. The molecule has 0 atom stereocenters. The van der Waals surface area contributed by atoms with Gasteiger partial charge >= 0.3 is 0 Å². The Morgan fingerprint density at radius 3 is 2.03 bits per heavy atom. The van der Waals surface area contributed by atoms with Crippen molar-refractivity contribution in [2.75, 3.05) is 26.4 Å². The molecule has 0 saturated heterocycles. The molecule has 2 rings (SSSR count). The van der Waals surface area contributed by atoms with Gasteiger partial charge in [-0.2, -0.15) is 0 Å². The fourth-order valence-corrected chi connectivity index (χ4v) is 3.00. The van der Waals surface area contributed by atoms with Crippen LogP contribution in [0.5, 0.6) is 17.2 Å². The molecule has 3 N–H and O–H groups in total. The van der Waals surface area contributed by atoms with Crippen LogP contribution in [0.1, 0.15) is 54.3 Å². The molecule has 2 aromatic rings. The fourth-order valence-electron chi connectivity index (χ4n) is 3.00. The molecule has 0 aliphatic carbocycles. The number of carbonyl (C=O) groups excluding carboxylic acids is 3. The van der Waals surface area contributed by atoms with Crippen LogP contribution in [0, 0.1) is 11.6 Å². The first-order chi connectivity index (χ1) is 16.8. The van der Waals surface area contributed by atoms with E-state index in [0.29, 0.717) is 43.1 Å². The molecule has 0 bridgehead atoms. The Morgan fingerprint density at radius 1 is 0.829 bits per heavy atom. The van der Waals surface area contributed by atoms with Gasteiger partial charge in [0.2, 0.25) is 11.7 Å². The first-order valence-corrected chi connectivity index (χ1v) is 11.2. The van der Waals surface area contributed by atoms with Gasteiger partial charge in [-0.1, -0.05) is 0 Å². The summed E-state index contributed by atoms with van der Waals surface area (Å²) in [5, 5.41) is 2.45. The van der Waals surface area contributed by atoms with Crippen molar-refractivity contribution in [1.29, 1.82) is 0 Å². The van der Waals surface area contributed by atoms with Gasteiger partial charge in [-0.15, -0.1) is 0 Å². The zero-order valence-corrected chi connectivity index (χ0v) is 19.8. The molecule has 0 aliphatic rings. The third-order valence-corrected chi connectivity index (χ3v) is 4.53. The van der Waals surface area contributed by atoms with Crippen molar-refractivity contribution in [1.82, 2.24) is 16.2 Å². The van der Waals surface area contributed by atoms with Crippen molar-refractivity contribution >= 4 is 17.7 Å². The van der Waals surface area contributed by atoms with Crippen molar-refractivity contribution in [2.45, 2.75) is 33.6 Å². The second-order valence-corrected chi connectivity index (χ2v) is 7.09. The predicted octanol–water partition coefficient (Wildman–Crippen LogP) is 3.13. The summed E-state index contributed by atoms with van der Waals surface area (Å²) >= 11 is 0. The minimum absolute atomic E-state index is 0.0237. The molecule has 0 aliphatic heterocycles. The Hall–Kier alpha value is -3.89. The maximum absolute atomic E-state index is 13.6. The lowest BCUT2D eigenvalue weighted by Crippen LogP contribution is -2.41. The Bertz CT molecular complexity index is 1020. The van der Waals surface area contributed by atoms with Gasteiger partial charge < -0.3 is 19.5 Å². The Balaban J connectivity index is 1.87. The first kappa shape index (κ1) is 27.4. The molecule has 0 saturated carbocycles. The van der Waals surface area contributed by atoms with Crippen LogP contribution in [0.15, 0.2) is 30.3 Å². The highest BCUT2D eigenvalue weighted by atomic mass is 19.1. The van der Waals surface area contributed by atoms with Gasteiger partial charge in [0, 0.05) is 24.6 Å². The van der Waals surface area contributed by atoms with E-state index in [0.717, 1.165) is 12.1 Å². The third-order valence-electron chi connectivity index (χ3n) is 4.53.